The molecule has 2 aromatic carbocycles. The molecule has 5 nitrogen and oxygen atoms in total. The summed E-state index contributed by atoms with van der Waals surface area (Å²) in [6, 6.07) is 16.6. The van der Waals surface area contributed by atoms with Crippen molar-refractivity contribution in [1.82, 2.24) is 9.97 Å². The third kappa shape index (κ3) is 3.08. The number of hydrogen-bond donors (Lipinski definition) is 1. The molecule has 0 aliphatic carbocycles. The van der Waals surface area contributed by atoms with E-state index in [0.717, 1.165) is 22.1 Å². The van der Waals surface area contributed by atoms with E-state index in [1.54, 1.807) is 19.2 Å². The van der Waals surface area contributed by atoms with Gasteiger partial charge in [0.05, 0.1) is 11.1 Å². The number of fused-ring (bicyclic) bond motifs is 2. The van der Waals surface area contributed by atoms with Crippen molar-refractivity contribution in [1.29, 1.82) is 0 Å². The summed E-state index contributed by atoms with van der Waals surface area (Å²) in [6.45, 7) is 3.42. The summed E-state index contributed by atoms with van der Waals surface area (Å²) in [6.07, 6.45) is 0.757. The second-order valence-electron chi connectivity index (χ2n) is 6.49. The van der Waals surface area contributed by atoms with Gasteiger partial charge in [-0.25, -0.2) is 4.79 Å². The minimum Gasteiger partial charge on any atom is -0.451 e. The summed E-state index contributed by atoms with van der Waals surface area (Å²) in [7, 11) is 0. The second kappa shape index (κ2) is 6.68. The Kier molecular flexibility index (Phi) is 4.20. The summed E-state index contributed by atoms with van der Waals surface area (Å²) < 4.78 is 5.50. The molecule has 27 heavy (non-hydrogen) atoms. The van der Waals surface area contributed by atoms with Gasteiger partial charge in [0.2, 0.25) is 5.78 Å². The van der Waals surface area contributed by atoms with Crippen LogP contribution in [-0.4, -0.2) is 27.8 Å². The monoisotopic (exact) mass is 358 g/mol. The second-order valence-corrected chi connectivity index (χ2v) is 6.49. The number of ketones is 1. The number of nitrogens with zero attached hydrogens (tertiary/aromatic N) is 1. The Morgan fingerprint density at radius 3 is 2.52 bits per heavy atom. The maximum atomic E-state index is 12.8. The first kappa shape index (κ1) is 17.0. The van der Waals surface area contributed by atoms with Crippen LogP contribution in [0.5, 0.6) is 0 Å². The molecular weight excluding hydrogens is 340 g/mol. The average Bonchev–Trinajstić information content (AvgIpc) is 3.10. The van der Waals surface area contributed by atoms with Gasteiger partial charge in [-0.1, -0.05) is 36.4 Å². The Hall–Kier alpha value is -3.47. The molecule has 0 fully saturated rings. The van der Waals surface area contributed by atoms with Crippen LogP contribution < -0.4 is 0 Å². The van der Waals surface area contributed by atoms with Gasteiger partial charge in [0.15, 0.2) is 6.10 Å². The molecule has 5 heteroatoms. The Labute approximate surface area is 156 Å². The van der Waals surface area contributed by atoms with Crippen LogP contribution in [0.1, 0.15) is 33.3 Å². The predicted octanol–water partition coefficient (Wildman–Crippen LogP) is 4.45. The van der Waals surface area contributed by atoms with Gasteiger partial charge >= 0.3 is 5.97 Å². The number of aryl methyl sites for hydroxylation is 1. The normalized spacial score (nSPS) is 12.2. The molecule has 4 aromatic rings. The van der Waals surface area contributed by atoms with Gasteiger partial charge in [0.1, 0.15) is 0 Å². The molecule has 1 N–H and O–H groups in total. The number of carbonyl (C=O) groups is 2. The van der Waals surface area contributed by atoms with E-state index in [-0.39, 0.29) is 5.78 Å². The Morgan fingerprint density at radius 2 is 1.70 bits per heavy atom. The van der Waals surface area contributed by atoms with Crippen LogP contribution in [0.4, 0.5) is 0 Å². The number of pyridine rings is 1. The number of esters is 1. The van der Waals surface area contributed by atoms with Gasteiger partial charge in [-0.3, -0.25) is 9.78 Å². The van der Waals surface area contributed by atoms with Crippen molar-refractivity contribution < 1.29 is 14.3 Å². The van der Waals surface area contributed by atoms with E-state index in [1.807, 2.05) is 55.5 Å². The molecule has 0 saturated carbocycles. The first-order valence-corrected chi connectivity index (χ1v) is 8.72. The standard InChI is InChI=1S/C22H18N2O3/c1-13-11-17(15-7-4-6-10-20(15)24-13)22(26)27-14(2)21(25)18-12-23-19-9-5-3-8-16(18)19/h3-12,14,23H,1-2H3/t14-/m0/s1. The Morgan fingerprint density at radius 1 is 1.00 bits per heavy atom. The number of benzene rings is 2. The number of ether oxygens (including phenoxy) is 1. The van der Waals surface area contributed by atoms with Crippen molar-refractivity contribution in [3.05, 3.63) is 77.6 Å². The smallest absolute Gasteiger partial charge is 0.339 e. The van der Waals surface area contributed by atoms with Crippen molar-refractivity contribution >= 4 is 33.6 Å². The lowest BCUT2D eigenvalue weighted by atomic mass is 10.1. The fourth-order valence-electron chi connectivity index (χ4n) is 3.25. The van der Waals surface area contributed by atoms with Crippen LogP contribution in [0.2, 0.25) is 0 Å². The van der Waals surface area contributed by atoms with Gasteiger partial charge in [0, 0.05) is 33.7 Å². The molecule has 134 valence electrons. The van der Waals surface area contributed by atoms with Crippen molar-refractivity contribution in [2.75, 3.05) is 0 Å². The predicted molar refractivity (Wildman–Crippen MR) is 104 cm³/mol. The lowest BCUT2D eigenvalue weighted by Gasteiger charge is -2.13. The highest BCUT2D eigenvalue weighted by atomic mass is 16.5. The quantitative estimate of drug-likeness (QED) is 0.432. The van der Waals surface area contributed by atoms with Crippen LogP contribution in [0.25, 0.3) is 21.8 Å². The summed E-state index contributed by atoms with van der Waals surface area (Å²) in [5, 5.41) is 1.52. The van der Waals surface area contributed by atoms with Crippen molar-refractivity contribution in [2.24, 2.45) is 0 Å². The molecule has 0 unspecified atom stereocenters. The van der Waals surface area contributed by atoms with Gasteiger partial charge in [-0.15, -0.1) is 0 Å². The van der Waals surface area contributed by atoms with Crippen LogP contribution >= 0.6 is 0 Å². The molecule has 4 rings (SSSR count). The van der Waals surface area contributed by atoms with E-state index in [9.17, 15) is 9.59 Å². The summed E-state index contributed by atoms with van der Waals surface area (Å²) >= 11 is 0. The van der Waals surface area contributed by atoms with Crippen LogP contribution in [0.3, 0.4) is 0 Å². The summed E-state index contributed by atoms with van der Waals surface area (Å²) in [4.78, 5) is 33.1. The molecule has 1 atom stereocenters. The van der Waals surface area contributed by atoms with Crippen LogP contribution in [0, 0.1) is 6.92 Å². The molecular formula is C22H18N2O3. The van der Waals surface area contributed by atoms with E-state index < -0.39 is 12.1 Å². The van der Waals surface area contributed by atoms with Crippen LogP contribution in [0.15, 0.2) is 60.8 Å². The van der Waals surface area contributed by atoms with Gasteiger partial charge in [0.25, 0.3) is 0 Å². The minimum atomic E-state index is -0.899. The van der Waals surface area contributed by atoms with Crippen molar-refractivity contribution in [3.63, 3.8) is 0 Å². The third-order valence-electron chi connectivity index (χ3n) is 4.57. The zero-order valence-electron chi connectivity index (χ0n) is 15.0. The number of rotatable bonds is 4. The van der Waals surface area contributed by atoms with Gasteiger partial charge in [-0.2, -0.15) is 0 Å². The molecule has 0 amide bonds. The molecule has 0 bridgehead atoms. The largest absolute Gasteiger partial charge is 0.451 e. The number of Topliss-reactive ketones (excluding diaryl/α,β-unsaturated/α-hetero) is 1. The minimum absolute atomic E-state index is 0.240. The van der Waals surface area contributed by atoms with Gasteiger partial charge < -0.3 is 9.72 Å². The lowest BCUT2D eigenvalue weighted by molar-refractivity contribution is 0.0321. The molecule has 0 spiro atoms. The van der Waals surface area contributed by atoms with E-state index in [0.29, 0.717) is 16.5 Å². The number of hydrogen-bond acceptors (Lipinski definition) is 4. The first-order chi connectivity index (χ1) is 13.0. The maximum absolute atomic E-state index is 12.8. The molecule has 0 saturated heterocycles. The lowest BCUT2D eigenvalue weighted by Crippen LogP contribution is -2.24. The maximum Gasteiger partial charge on any atom is 0.339 e. The Balaban J connectivity index is 1.62. The van der Waals surface area contributed by atoms with E-state index in [4.69, 9.17) is 4.74 Å². The zero-order valence-corrected chi connectivity index (χ0v) is 15.0. The first-order valence-electron chi connectivity index (χ1n) is 8.72. The number of aromatic nitrogens is 2. The highest BCUT2D eigenvalue weighted by molar-refractivity contribution is 6.11. The number of carbonyl (C=O) groups excluding carboxylic acids is 2. The number of nitrogens with one attached hydrogen (secondary N) is 1. The Bertz CT molecular complexity index is 1180. The van der Waals surface area contributed by atoms with Crippen molar-refractivity contribution in [2.45, 2.75) is 20.0 Å². The topological polar surface area (TPSA) is 72.1 Å². The van der Waals surface area contributed by atoms with E-state index >= 15 is 0 Å². The third-order valence-corrected chi connectivity index (χ3v) is 4.57. The van der Waals surface area contributed by atoms with Crippen LogP contribution in [-0.2, 0) is 4.74 Å². The highest BCUT2D eigenvalue weighted by Crippen LogP contribution is 2.22. The number of H-pyrrole nitrogens is 1. The number of aromatic amines is 1. The molecule has 0 aliphatic rings. The summed E-state index contributed by atoms with van der Waals surface area (Å²) in [5.74, 6) is -0.770. The van der Waals surface area contributed by atoms with Crippen molar-refractivity contribution in [3.8, 4) is 0 Å². The highest BCUT2D eigenvalue weighted by Gasteiger charge is 2.24. The molecule has 0 aliphatic heterocycles. The summed E-state index contributed by atoms with van der Waals surface area (Å²) in [5.41, 5.74) is 3.24. The molecule has 2 heterocycles. The van der Waals surface area contributed by atoms with E-state index in [2.05, 4.69) is 9.97 Å². The molecule has 0 radical (unpaired) electrons. The van der Waals surface area contributed by atoms with Gasteiger partial charge in [-0.05, 0) is 32.0 Å². The fourth-order valence-corrected chi connectivity index (χ4v) is 3.25. The average molecular weight is 358 g/mol. The van der Waals surface area contributed by atoms with E-state index in [1.165, 1.54) is 0 Å². The molecule has 2 aromatic heterocycles. The SMILES string of the molecule is Cc1cc(C(=O)O[C@@H](C)C(=O)c2c[nH]c3ccccc23)c2ccccc2n1. The number of para-hydroxylation sites is 2. The fraction of sp³-hybridized carbons (Fsp3) is 0.136. The zero-order chi connectivity index (χ0) is 19.0.